The lowest BCUT2D eigenvalue weighted by Gasteiger charge is -2.09. The van der Waals surface area contributed by atoms with Crippen molar-refractivity contribution in [2.24, 2.45) is 0 Å². The minimum absolute atomic E-state index is 0.366. The number of hydrogen-bond acceptors (Lipinski definition) is 7. The number of benzene rings is 2. The topological polar surface area (TPSA) is 87.0 Å². The van der Waals surface area contributed by atoms with Crippen molar-refractivity contribution in [3.05, 3.63) is 81.5 Å². The van der Waals surface area contributed by atoms with Crippen LogP contribution in [0.1, 0.15) is 22.4 Å². The maximum atomic E-state index is 12.0. The van der Waals surface area contributed by atoms with Crippen LogP contribution in [0.5, 0.6) is 0 Å². The van der Waals surface area contributed by atoms with Gasteiger partial charge in [0, 0.05) is 23.4 Å². The van der Waals surface area contributed by atoms with Gasteiger partial charge in [0.15, 0.2) is 5.58 Å². The fourth-order valence-electron chi connectivity index (χ4n) is 3.60. The van der Waals surface area contributed by atoms with Crippen LogP contribution in [0.4, 0.5) is 0 Å². The van der Waals surface area contributed by atoms with E-state index in [2.05, 4.69) is 21.4 Å². The Kier molecular flexibility index (Phi) is 4.63. The zero-order chi connectivity index (χ0) is 20.7. The summed E-state index contributed by atoms with van der Waals surface area (Å²) in [5.41, 5.74) is 5.63. The van der Waals surface area contributed by atoms with E-state index in [0.29, 0.717) is 23.1 Å². The van der Waals surface area contributed by atoms with Crippen LogP contribution >= 0.6 is 11.8 Å². The molecule has 5 aromatic rings. The van der Waals surface area contributed by atoms with Gasteiger partial charge in [0.2, 0.25) is 0 Å². The Bertz CT molecular complexity index is 1400. The van der Waals surface area contributed by atoms with E-state index in [0.717, 1.165) is 38.9 Å². The molecule has 3 aromatic heterocycles. The number of nitrogens with zero attached hydrogens (tertiary/aromatic N) is 4. The predicted octanol–water partition coefficient (Wildman–Crippen LogP) is 4.48. The lowest BCUT2D eigenvalue weighted by molar-refractivity contribution is 0.489. The van der Waals surface area contributed by atoms with Gasteiger partial charge in [-0.2, -0.15) is 0 Å². The average Bonchev–Trinajstić information content (AvgIpc) is 3.31. The average molecular weight is 418 g/mol. The van der Waals surface area contributed by atoms with E-state index < -0.39 is 0 Å². The molecule has 7 nitrogen and oxygen atoms in total. The summed E-state index contributed by atoms with van der Waals surface area (Å²) in [5.74, 6) is 0.586. The van der Waals surface area contributed by atoms with Crippen LogP contribution in [0.3, 0.4) is 0 Å². The van der Waals surface area contributed by atoms with E-state index in [1.54, 1.807) is 4.68 Å². The van der Waals surface area contributed by atoms with Crippen LogP contribution in [0, 0.1) is 13.8 Å². The molecule has 30 heavy (non-hydrogen) atoms. The van der Waals surface area contributed by atoms with Gasteiger partial charge in [-0.25, -0.2) is 14.5 Å². The van der Waals surface area contributed by atoms with Crippen LogP contribution in [0.25, 0.3) is 22.1 Å². The van der Waals surface area contributed by atoms with Gasteiger partial charge in [-0.05, 0) is 48.7 Å². The maximum absolute atomic E-state index is 12.0. The van der Waals surface area contributed by atoms with Crippen molar-refractivity contribution in [2.45, 2.75) is 31.4 Å². The van der Waals surface area contributed by atoms with Crippen molar-refractivity contribution >= 4 is 33.8 Å². The third kappa shape index (κ3) is 3.61. The van der Waals surface area contributed by atoms with Crippen molar-refractivity contribution in [2.75, 3.05) is 0 Å². The molecule has 0 spiro atoms. The van der Waals surface area contributed by atoms with Crippen molar-refractivity contribution in [1.29, 1.82) is 0 Å². The molecule has 3 heterocycles. The van der Waals surface area contributed by atoms with E-state index in [1.807, 2.05) is 50.4 Å². The lowest BCUT2D eigenvalue weighted by Crippen LogP contribution is -2.07. The summed E-state index contributed by atoms with van der Waals surface area (Å²) < 4.78 is 12.9. The van der Waals surface area contributed by atoms with Gasteiger partial charge in [0.05, 0.1) is 12.2 Å². The quantitative estimate of drug-likeness (QED) is 0.307. The highest BCUT2D eigenvalue weighted by molar-refractivity contribution is 7.98. The van der Waals surface area contributed by atoms with Crippen LogP contribution in [-0.4, -0.2) is 20.0 Å². The molecule has 0 aliphatic carbocycles. The smallest absolute Gasteiger partial charge is 0.336 e. The molecule has 0 aliphatic rings. The number of hydrogen-bond donors (Lipinski definition) is 0. The number of rotatable bonds is 5. The summed E-state index contributed by atoms with van der Waals surface area (Å²) in [6.07, 6.45) is 1.87. The van der Waals surface area contributed by atoms with E-state index in [-0.39, 0.29) is 5.63 Å². The SMILES string of the molecule is Cc1cc(C)c2c(Cn3cc(CSc4nc5ccccc5o4)nn3)cc(=O)oc2c1. The fraction of sp³-hybridized carbons (Fsp3) is 0.182. The summed E-state index contributed by atoms with van der Waals surface area (Å²) in [6.45, 7) is 4.44. The van der Waals surface area contributed by atoms with Crippen LogP contribution in [0.15, 0.2) is 67.5 Å². The predicted molar refractivity (Wildman–Crippen MR) is 115 cm³/mol. The van der Waals surface area contributed by atoms with Gasteiger partial charge in [-0.1, -0.05) is 35.2 Å². The number of para-hydroxylation sites is 2. The molecule has 0 radical (unpaired) electrons. The van der Waals surface area contributed by atoms with E-state index in [1.165, 1.54) is 17.8 Å². The van der Waals surface area contributed by atoms with Gasteiger partial charge >= 0.3 is 5.63 Å². The van der Waals surface area contributed by atoms with Gasteiger partial charge < -0.3 is 8.83 Å². The molecule has 0 N–H and O–H groups in total. The molecule has 2 aromatic carbocycles. The Hall–Kier alpha value is -3.39. The first kappa shape index (κ1) is 18.6. The van der Waals surface area contributed by atoms with Crippen molar-refractivity contribution in [3.8, 4) is 0 Å². The lowest BCUT2D eigenvalue weighted by atomic mass is 10.0. The second kappa shape index (κ2) is 7.46. The number of fused-ring (bicyclic) bond motifs is 2. The first-order valence-electron chi connectivity index (χ1n) is 9.46. The summed E-state index contributed by atoms with van der Waals surface area (Å²) in [6, 6.07) is 13.2. The standard InChI is InChI=1S/C22H18N4O3S/c1-13-7-14(2)21-15(9-20(27)28-19(21)8-13)10-26-11-16(24-25-26)12-30-22-23-17-5-3-4-6-18(17)29-22/h3-9,11H,10,12H2,1-2H3. The van der Waals surface area contributed by atoms with Crippen molar-refractivity contribution in [3.63, 3.8) is 0 Å². The first-order valence-corrected chi connectivity index (χ1v) is 10.4. The highest BCUT2D eigenvalue weighted by atomic mass is 32.2. The van der Waals surface area contributed by atoms with Gasteiger partial charge in [-0.3, -0.25) is 0 Å². The highest BCUT2D eigenvalue weighted by Crippen LogP contribution is 2.26. The Morgan fingerprint density at radius 3 is 2.80 bits per heavy atom. The molecular weight excluding hydrogens is 400 g/mol. The van der Waals surface area contributed by atoms with Gasteiger partial charge in [-0.15, -0.1) is 5.10 Å². The zero-order valence-electron chi connectivity index (χ0n) is 16.5. The highest BCUT2D eigenvalue weighted by Gasteiger charge is 2.12. The van der Waals surface area contributed by atoms with E-state index in [9.17, 15) is 4.79 Å². The Morgan fingerprint density at radius 1 is 1.07 bits per heavy atom. The summed E-state index contributed by atoms with van der Waals surface area (Å²) in [7, 11) is 0. The second-order valence-corrected chi connectivity index (χ2v) is 8.12. The molecule has 0 fully saturated rings. The molecule has 0 amide bonds. The first-order chi connectivity index (χ1) is 14.5. The molecule has 0 bridgehead atoms. The van der Waals surface area contributed by atoms with Crippen molar-refractivity contribution in [1.82, 2.24) is 20.0 Å². The molecular formula is C22H18N4O3S. The van der Waals surface area contributed by atoms with Crippen LogP contribution in [-0.2, 0) is 12.3 Å². The minimum Gasteiger partial charge on any atom is -0.431 e. The Labute approximate surface area is 175 Å². The summed E-state index contributed by atoms with van der Waals surface area (Å²) >= 11 is 1.47. The zero-order valence-corrected chi connectivity index (χ0v) is 17.3. The number of aromatic nitrogens is 4. The molecule has 0 saturated heterocycles. The molecule has 0 aliphatic heterocycles. The van der Waals surface area contributed by atoms with Gasteiger partial charge in [0.1, 0.15) is 11.1 Å². The fourth-order valence-corrected chi connectivity index (χ4v) is 4.32. The molecule has 0 unspecified atom stereocenters. The molecule has 8 heteroatoms. The van der Waals surface area contributed by atoms with Crippen LogP contribution in [0.2, 0.25) is 0 Å². The Morgan fingerprint density at radius 2 is 1.93 bits per heavy atom. The molecule has 0 saturated carbocycles. The minimum atomic E-state index is -0.366. The Balaban J connectivity index is 1.36. The third-order valence-corrected chi connectivity index (χ3v) is 5.67. The summed E-state index contributed by atoms with van der Waals surface area (Å²) in [4.78, 5) is 16.5. The van der Waals surface area contributed by atoms with Crippen LogP contribution < -0.4 is 5.63 Å². The molecule has 0 atom stereocenters. The number of aryl methyl sites for hydroxylation is 2. The number of oxazole rings is 1. The molecule has 5 rings (SSSR count). The second-order valence-electron chi connectivity index (χ2n) is 7.19. The van der Waals surface area contributed by atoms with Crippen molar-refractivity contribution < 1.29 is 8.83 Å². The number of thioether (sulfide) groups is 1. The van der Waals surface area contributed by atoms with Gasteiger partial charge in [0.25, 0.3) is 5.22 Å². The monoisotopic (exact) mass is 418 g/mol. The summed E-state index contributed by atoms with van der Waals surface area (Å²) in [5, 5.41) is 10.0. The van der Waals surface area contributed by atoms with E-state index in [4.69, 9.17) is 8.83 Å². The maximum Gasteiger partial charge on any atom is 0.336 e. The van der Waals surface area contributed by atoms with E-state index >= 15 is 0 Å². The molecule has 150 valence electrons. The normalized spacial score (nSPS) is 11.5. The largest absolute Gasteiger partial charge is 0.431 e. The third-order valence-electron chi connectivity index (χ3n) is 4.80.